The van der Waals surface area contributed by atoms with Crippen molar-refractivity contribution in [1.82, 2.24) is 15.5 Å². The molecule has 106 valence electrons. The molecule has 2 aromatic rings. The Morgan fingerprint density at radius 2 is 2.05 bits per heavy atom. The SMILES string of the molecule is Fc1cc(F)cc(-c2noc(CC3CCCNC3)n2)c1. The molecule has 1 aliphatic heterocycles. The summed E-state index contributed by atoms with van der Waals surface area (Å²) in [7, 11) is 0. The maximum absolute atomic E-state index is 13.2. The first-order chi connectivity index (χ1) is 9.70. The molecule has 1 aliphatic rings. The van der Waals surface area contributed by atoms with Gasteiger partial charge >= 0.3 is 0 Å². The molecule has 6 heteroatoms. The lowest BCUT2D eigenvalue weighted by Crippen LogP contribution is -2.30. The highest BCUT2D eigenvalue weighted by molar-refractivity contribution is 5.54. The van der Waals surface area contributed by atoms with Crippen LogP contribution in [0, 0.1) is 17.6 Å². The number of halogens is 2. The second kappa shape index (κ2) is 5.66. The largest absolute Gasteiger partial charge is 0.339 e. The lowest BCUT2D eigenvalue weighted by Gasteiger charge is -2.20. The zero-order valence-electron chi connectivity index (χ0n) is 10.9. The number of rotatable bonds is 3. The quantitative estimate of drug-likeness (QED) is 0.938. The van der Waals surface area contributed by atoms with Gasteiger partial charge in [-0.2, -0.15) is 4.98 Å². The summed E-state index contributed by atoms with van der Waals surface area (Å²) in [5.74, 6) is -0.0903. The van der Waals surface area contributed by atoms with E-state index in [9.17, 15) is 8.78 Å². The fourth-order valence-electron chi connectivity index (χ4n) is 2.48. The molecule has 1 saturated heterocycles. The van der Waals surface area contributed by atoms with Gasteiger partial charge in [0.2, 0.25) is 11.7 Å². The van der Waals surface area contributed by atoms with E-state index in [1.165, 1.54) is 12.1 Å². The van der Waals surface area contributed by atoms with E-state index in [4.69, 9.17) is 4.52 Å². The first-order valence-corrected chi connectivity index (χ1v) is 6.70. The van der Waals surface area contributed by atoms with Gasteiger partial charge in [0.1, 0.15) is 11.6 Å². The molecular weight excluding hydrogens is 264 g/mol. The minimum absolute atomic E-state index is 0.224. The molecule has 0 aliphatic carbocycles. The molecule has 1 aromatic heterocycles. The second-order valence-electron chi connectivity index (χ2n) is 5.09. The summed E-state index contributed by atoms with van der Waals surface area (Å²) >= 11 is 0. The third kappa shape index (κ3) is 3.01. The number of nitrogens with one attached hydrogen (secondary N) is 1. The fourth-order valence-corrected chi connectivity index (χ4v) is 2.48. The highest BCUT2D eigenvalue weighted by Crippen LogP contribution is 2.21. The third-order valence-corrected chi connectivity index (χ3v) is 3.45. The van der Waals surface area contributed by atoms with E-state index >= 15 is 0 Å². The highest BCUT2D eigenvalue weighted by atomic mass is 19.1. The van der Waals surface area contributed by atoms with Crippen molar-refractivity contribution in [3.63, 3.8) is 0 Å². The van der Waals surface area contributed by atoms with Crippen molar-refractivity contribution in [2.45, 2.75) is 19.3 Å². The van der Waals surface area contributed by atoms with Crippen molar-refractivity contribution in [2.75, 3.05) is 13.1 Å². The van der Waals surface area contributed by atoms with Crippen molar-refractivity contribution in [1.29, 1.82) is 0 Å². The average molecular weight is 279 g/mol. The molecule has 1 atom stereocenters. The molecular formula is C14H15F2N3O. The maximum Gasteiger partial charge on any atom is 0.227 e. The van der Waals surface area contributed by atoms with Crippen LogP contribution in [0.5, 0.6) is 0 Å². The lowest BCUT2D eigenvalue weighted by molar-refractivity contribution is 0.316. The van der Waals surface area contributed by atoms with Crippen LogP contribution in [0.2, 0.25) is 0 Å². The Bertz CT molecular complexity index is 574. The Balaban J connectivity index is 1.75. The normalized spacial score (nSPS) is 19.2. The van der Waals surface area contributed by atoms with Crippen molar-refractivity contribution in [2.24, 2.45) is 5.92 Å². The number of nitrogens with zero attached hydrogens (tertiary/aromatic N) is 2. The van der Waals surface area contributed by atoms with E-state index in [0.29, 0.717) is 23.8 Å². The molecule has 1 N–H and O–H groups in total. The molecule has 1 fully saturated rings. The molecule has 0 radical (unpaired) electrons. The Labute approximate surface area is 115 Å². The number of benzene rings is 1. The topological polar surface area (TPSA) is 51.0 Å². The molecule has 20 heavy (non-hydrogen) atoms. The van der Waals surface area contributed by atoms with E-state index in [1.54, 1.807) is 0 Å². The highest BCUT2D eigenvalue weighted by Gasteiger charge is 2.18. The van der Waals surface area contributed by atoms with E-state index in [1.807, 2.05) is 0 Å². The molecule has 0 amide bonds. The smallest absolute Gasteiger partial charge is 0.227 e. The summed E-state index contributed by atoms with van der Waals surface area (Å²) in [4.78, 5) is 4.22. The zero-order valence-corrected chi connectivity index (χ0v) is 10.9. The summed E-state index contributed by atoms with van der Waals surface area (Å²) in [5, 5.41) is 7.11. The van der Waals surface area contributed by atoms with E-state index < -0.39 is 11.6 Å². The second-order valence-corrected chi connectivity index (χ2v) is 5.09. The van der Waals surface area contributed by atoms with Crippen LogP contribution < -0.4 is 5.32 Å². The molecule has 0 spiro atoms. The van der Waals surface area contributed by atoms with E-state index in [2.05, 4.69) is 15.5 Å². The van der Waals surface area contributed by atoms with Gasteiger partial charge in [0.15, 0.2) is 0 Å². The summed E-state index contributed by atoms with van der Waals surface area (Å²) in [6.07, 6.45) is 2.96. The summed E-state index contributed by atoms with van der Waals surface area (Å²) in [6, 6.07) is 3.21. The van der Waals surface area contributed by atoms with Crippen LogP contribution in [0.4, 0.5) is 8.78 Å². The number of piperidine rings is 1. The van der Waals surface area contributed by atoms with Gasteiger partial charge in [-0.05, 0) is 44.0 Å². The van der Waals surface area contributed by atoms with Crippen LogP contribution >= 0.6 is 0 Å². The molecule has 0 bridgehead atoms. The van der Waals surface area contributed by atoms with Crippen molar-refractivity contribution < 1.29 is 13.3 Å². The Kier molecular flexibility index (Phi) is 3.73. The van der Waals surface area contributed by atoms with Crippen LogP contribution in [-0.2, 0) is 6.42 Å². The van der Waals surface area contributed by atoms with E-state index in [-0.39, 0.29) is 5.82 Å². The Hall–Kier alpha value is -1.82. The van der Waals surface area contributed by atoms with Gasteiger partial charge in [0, 0.05) is 18.1 Å². The van der Waals surface area contributed by atoms with Crippen LogP contribution in [0.1, 0.15) is 18.7 Å². The predicted octanol–water partition coefficient (Wildman–Crippen LogP) is 2.56. The van der Waals surface area contributed by atoms with Crippen molar-refractivity contribution in [3.05, 3.63) is 35.7 Å². The third-order valence-electron chi connectivity index (χ3n) is 3.45. The van der Waals surface area contributed by atoms with Gasteiger partial charge in [0.25, 0.3) is 0 Å². The summed E-state index contributed by atoms with van der Waals surface area (Å²) < 4.78 is 31.5. The molecule has 1 aromatic carbocycles. The lowest BCUT2D eigenvalue weighted by atomic mass is 9.96. The van der Waals surface area contributed by atoms with Gasteiger partial charge in [-0.15, -0.1) is 0 Å². The minimum atomic E-state index is -0.650. The van der Waals surface area contributed by atoms with Gasteiger partial charge in [-0.1, -0.05) is 5.16 Å². The first kappa shape index (κ1) is 13.2. The van der Waals surface area contributed by atoms with Crippen molar-refractivity contribution >= 4 is 0 Å². The Morgan fingerprint density at radius 1 is 1.25 bits per heavy atom. The fraction of sp³-hybridized carbons (Fsp3) is 0.429. The zero-order chi connectivity index (χ0) is 13.9. The minimum Gasteiger partial charge on any atom is -0.339 e. The predicted molar refractivity (Wildman–Crippen MR) is 68.9 cm³/mol. The van der Waals surface area contributed by atoms with Gasteiger partial charge in [-0.25, -0.2) is 8.78 Å². The average Bonchev–Trinajstić information content (AvgIpc) is 2.87. The van der Waals surface area contributed by atoms with Crippen LogP contribution in [-0.4, -0.2) is 23.2 Å². The molecule has 3 rings (SSSR count). The van der Waals surface area contributed by atoms with Gasteiger partial charge in [0.05, 0.1) is 0 Å². The van der Waals surface area contributed by atoms with Crippen LogP contribution in [0.15, 0.2) is 22.7 Å². The summed E-state index contributed by atoms with van der Waals surface area (Å²) in [5.41, 5.74) is 0.291. The van der Waals surface area contributed by atoms with Crippen LogP contribution in [0.3, 0.4) is 0 Å². The summed E-state index contributed by atoms with van der Waals surface area (Å²) in [6.45, 7) is 1.99. The maximum atomic E-state index is 13.2. The number of hydrogen-bond acceptors (Lipinski definition) is 4. The molecule has 2 heterocycles. The van der Waals surface area contributed by atoms with Gasteiger partial charge < -0.3 is 9.84 Å². The number of hydrogen-bond donors (Lipinski definition) is 1. The van der Waals surface area contributed by atoms with Crippen LogP contribution in [0.25, 0.3) is 11.4 Å². The standard InChI is InChI=1S/C14H15F2N3O/c15-11-5-10(6-12(16)7-11)14-18-13(20-19-14)4-9-2-1-3-17-8-9/h5-7,9,17H,1-4,8H2. The van der Waals surface area contributed by atoms with Gasteiger partial charge in [-0.3, -0.25) is 0 Å². The van der Waals surface area contributed by atoms with Crippen molar-refractivity contribution in [3.8, 4) is 11.4 Å². The number of aromatic nitrogens is 2. The van der Waals surface area contributed by atoms with E-state index in [0.717, 1.165) is 32.0 Å². The molecule has 1 unspecified atom stereocenters. The molecule has 4 nitrogen and oxygen atoms in total. The first-order valence-electron chi connectivity index (χ1n) is 6.70. The monoisotopic (exact) mass is 279 g/mol. The molecule has 0 saturated carbocycles. The Morgan fingerprint density at radius 3 is 2.75 bits per heavy atom.